The van der Waals surface area contributed by atoms with E-state index in [1.54, 1.807) is 7.11 Å². The topological polar surface area (TPSA) is 22.1 Å². The Bertz CT molecular complexity index is 846. The third-order valence-electron chi connectivity index (χ3n) is 4.37. The zero-order valence-electron chi connectivity index (χ0n) is 12.3. The predicted molar refractivity (Wildman–Crippen MR) is 89.8 cm³/mol. The van der Waals surface area contributed by atoms with E-state index in [9.17, 15) is 0 Å². The molecule has 0 spiro atoms. The fourth-order valence-electron chi connectivity index (χ4n) is 3.08. The monoisotopic (exact) mass is 309 g/mol. The maximum absolute atomic E-state index is 6.07. The molecular weight excluding hydrogens is 294 g/mol. The second kappa shape index (κ2) is 5.29. The SMILES string of the molecule is COc1cccc(C2CC2c2ccc3ccc(Cl)cc3n2)c1. The van der Waals surface area contributed by atoms with Crippen LogP contribution in [0.5, 0.6) is 5.75 Å². The minimum Gasteiger partial charge on any atom is -0.497 e. The van der Waals surface area contributed by atoms with Crippen molar-refractivity contribution in [1.82, 2.24) is 4.98 Å². The molecule has 0 amide bonds. The zero-order valence-corrected chi connectivity index (χ0v) is 13.0. The number of pyridine rings is 1. The van der Waals surface area contributed by atoms with Gasteiger partial charge in [0.15, 0.2) is 0 Å². The van der Waals surface area contributed by atoms with Crippen molar-refractivity contribution in [2.24, 2.45) is 0 Å². The number of aromatic nitrogens is 1. The van der Waals surface area contributed by atoms with Crippen molar-refractivity contribution in [2.75, 3.05) is 7.11 Å². The van der Waals surface area contributed by atoms with E-state index in [4.69, 9.17) is 21.3 Å². The first-order chi connectivity index (χ1) is 10.7. The molecule has 1 aromatic heterocycles. The molecule has 110 valence electrons. The molecule has 0 aliphatic heterocycles. The maximum atomic E-state index is 6.07. The summed E-state index contributed by atoms with van der Waals surface area (Å²) in [5.41, 5.74) is 3.46. The molecule has 0 bridgehead atoms. The Morgan fingerprint density at radius 1 is 1.05 bits per heavy atom. The van der Waals surface area contributed by atoms with Crippen LogP contribution in [0.1, 0.15) is 29.5 Å². The number of fused-ring (bicyclic) bond motifs is 1. The van der Waals surface area contributed by atoms with Crippen LogP contribution in [0.4, 0.5) is 0 Å². The number of ether oxygens (including phenoxy) is 1. The van der Waals surface area contributed by atoms with Crippen LogP contribution in [0.2, 0.25) is 5.02 Å². The molecule has 2 atom stereocenters. The lowest BCUT2D eigenvalue weighted by Gasteiger charge is -2.05. The molecular formula is C19H16ClNO. The summed E-state index contributed by atoms with van der Waals surface area (Å²) >= 11 is 6.07. The molecule has 3 heteroatoms. The summed E-state index contributed by atoms with van der Waals surface area (Å²) in [7, 11) is 1.71. The van der Waals surface area contributed by atoms with Gasteiger partial charge in [0.25, 0.3) is 0 Å². The van der Waals surface area contributed by atoms with Crippen LogP contribution in [0.15, 0.2) is 54.6 Å². The molecule has 1 aliphatic rings. The highest BCUT2D eigenvalue weighted by atomic mass is 35.5. The standard InChI is InChI=1S/C19H16ClNO/c1-22-15-4-2-3-13(9-15)16-11-17(16)18-8-6-12-5-7-14(20)10-19(12)21-18/h2-10,16-17H,11H2,1H3. The van der Waals surface area contributed by atoms with Gasteiger partial charge in [-0.25, -0.2) is 0 Å². The highest BCUT2D eigenvalue weighted by Gasteiger charge is 2.40. The van der Waals surface area contributed by atoms with Crippen LogP contribution in [0, 0.1) is 0 Å². The van der Waals surface area contributed by atoms with E-state index in [0.717, 1.165) is 33.8 Å². The fourth-order valence-corrected chi connectivity index (χ4v) is 3.24. The van der Waals surface area contributed by atoms with E-state index in [0.29, 0.717) is 11.8 Å². The largest absolute Gasteiger partial charge is 0.497 e. The van der Waals surface area contributed by atoms with Crippen LogP contribution in [-0.2, 0) is 0 Å². The van der Waals surface area contributed by atoms with Crippen molar-refractivity contribution in [3.05, 3.63) is 70.9 Å². The Kier molecular flexibility index (Phi) is 3.27. The van der Waals surface area contributed by atoms with Gasteiger partial charge in [-0.05, 0) is 48.2 Å². The molecule has 1 aliphatic carbocycles. The zero-order chi connectivity index (χ0) is 15.1. The van der Waals surface area contributed by atoms with Crippen LogP contribution in [-0.4, -0.2) is 12.1 Å². The smallest absolute Gasteiger partial charge is 0.119 e. The number of benzene rings is 2. The number of hydrogen-bond donors (Lipinski definition) is 0. The normalized spacial score (nSPS) is 20.1. The third kappa shape index (κ3) is 2.44. The molecule has 0 N–H and O–H groups in total. The number of nitrogens with zero attached hydrogens (tertiary/aromatic N) is 1. The van der Waals surface area contributed by atoms with Crippen molar-refractivity contribution >= 4 is 22.5 Å². The van der Waals surface area contributed by atoms with E-state index in [-0.39, 0.29) is 0 Å². The second-order valence-corrected chi connectivity index (χ2v) is 6.23. The molecule has 1 saturated carbocycles. The molecule has 1 heterocycles. The summed E-state index contributed by atoms with van der Waals surface area (Å²) in [4.78, 5) is 4.80. The summed E-state index contributed by atoms with van der Waals surface area (Å²) in [5, 5.41) is 1.86. The van der Waals surface area contributed by atoms with Gasteiger partial charge in [0.05, 0.1) is 12.6 Å². The van der Waals surface area contributed by atoms with Gasteiger partial charge in [-0.15, -0.1) is 0 Å². The molecule has 2 aromatic carbocycles. The first-order valence-electron chi connectivity index (χ1n) is 7.45. The molecule has 3 aromatic rings. The number of hydrogen-bond acceptors (Lipinski definition) is 2. The molecule has 0 radical (unpaired) electrons. The van der Waals surface area contributed by atoms with Crippen molar-refractivity contribution in [3.8, 4) is 5.75 Å². The van der Waals surface area contributed by atoms with Gasteiger partial charge in [-0.2, -0.15) is 0 Å². The summed E-state index contributed by atoms with van der Waals surface area (Å²) in [6.45, 7) is 0. The number of methoxy groups -OCH3 is 1. The van der Waals surface area contributed by atoms with Gasteiger partial charge in [0.1, 0.15) is 5.75 Å². The molecule has 1 fully saturated rings. The molecule has 2 unspecified atom stereocenters. The molecule has 4 rings (SSSR count). The van der Waals surface area contributed by atoms with Gasteiger partial charge < -0.3 is 4.74 Å². The van der Waals surface area contributed by atoms with Gasteiger partial charge in [-0.3, -0.25) is 4.98 Å². The Hall–Kier alpha value is -2.06. The van der Waals surface area contributed by atoms with Crippen LogP contribution >= 0.6 is 11.6 Å². The lowest BCUT2D eigenvalue weighted by molar-refractivity contribution is 0.414. The van der Waals surface area contributed by atoms with E-state index in [2.05, 4.69) is 30.3 Å². The Morgan fingerprint density at radius 3 is 2.77 bits per heavy atom. The Morgan fingerprint density at radius 2 is 1.91 bits per heavy atom. The van der Waals surface area contributed by atoms with Gasteiger partial charge in [-0.1, -0.05) is 35.9 Å². The van der Waals surface area contributed by atoms with Crippen molar-refractivity contribution in [2.45, 2.75) is 18.3 Å². The molecule has 22 heavy (non-hydrogen) atoms. The first-order valence-corrected chi connectivity index (χ1v) is 7.82. The lowest BCUT2D eigenvalue weighted by Crippen LogP contribution is -1.91. The van der Waals surface area contributed by atoms with E-state index < -0.39 is 0 Å². The van der Waals surface area contributed by atoms with Crippen molar-refractivity contribution in [3.63, 3.8) is 0 Å². The first kappa shape index (κ1) is 13.6. The van der Waals surface area contributed by atoms with Crippen LogP contribution in [0.3, 0.4) is 0 Å². The summed E-state index contributed by atoms with van der Waals surface area (Å²) in [6.07, 6.45) is 1.15. The average molecular weight is 310 g/mol. The third-order valence-corrected chi connectivity index (χ3v) is 4.60. The minimum absolute atomic E-state index is 0.496. The number of halogens is 1. The molecule has 2 nitrogen and oxygen atoms in total. The quantitative estimate of drug-likeness (QED) is 0.666. The minimum atomic E-state index is 0.496. The summed E-state index contributed by atoms with van der Waals surface area (Å²) < 4.78 is 5.31. The second-order valence-electron chi connectivity index (χ2n) is 5.80. The van der Waals surface area contributed by atoms with Gasteiger partial charge in [0, 0.05) is 22.0 Å². The average Bonchev–Trinajstić information content (AvgIpc) is 3.35. The predicted octanol–water partition coefficient (Wildman–Crippen LogP) is 5.17. The lowest BCUT2D eigenvalue weighted by atomic mass is 10.1. The molecule has 0 saturated heterocycles. The van der Waals surface area contributed by atoms with Crippen molar-refractivity contribution < 1.29 is 4.74 Å². The summed E-state index contributed by atoms with van der Waals surface area (Å²) in [6, 6.07) is 18.5. The van der Waals surface area contributed by atoms with Crippen LogP contribution < -0.4 is 4.74 Å². The van der Waals surface area contributed by atoms with E-state index in [1.807, 2.05) is 24.3 Å². The van der Waals surface area contributed by atoms with E-state index >= 15 is 0 Å². The fraction of sp³-hybridized carbons (Fsp3) is 0.211. The highest BCUT2D eigenvalue weighted by molar-refractivity contribution is 6.31. The Balaban J connectivity index is 1.63. The van der Waals surface area contributed by atoms with E-state index in [1.165, 1.54) is 5.56 Å². The summed E-state index contributed by atoms with van der Waals surface area (Å²) in [5.74, 6) is 1.95. The number of rotatable bonds is 3. The highest BCUT2D eigenvalue weighted by Crippen LogP contribution is 2.54. The van der Waals surface area contributed by atoms with Gasteiger partial charge in [0.2, 0.25) is 0 Å². The maximum Gasteiger partial charge on any atom is 0.119 e. The van der Waals surface area contributed by atoms with Crippen molar-refractivity contribution in [1.29, 1.82) is 0 Å². The van der Waals surface area contributed by atoms with Crippen LogP contribution in [0.25, 0.3) is 10.9 Å². The Labute approximate surface area is 134 Å². The van der Waals surface area contributed by atoms with Gasteiger partial charge >= 0.3 is 0 Å².